The SMILES string of the molecule is O=c1[nH]c2nccc(Oc3ccc(NS(=O)(=O)c4ccc(F)cc4)cc3)c2[nH]1. The molecule has 0 radical (unpaired) electrons. The molecule has 0 spiro atoms. The molecule has 0 aliphatic carbocycles. The van der Waals surface area contributed by atoms with Crippen LogP contribution < -0.4 is 15.1 Å². The zero-order valence-corrected chi connectivity index (χ0v) is 15.0. The Morgan fingerprint density at radius 2 is 1.68 bits per heavy atom. The number of benzene rings is 2. The van der Waals surface area contributed by atoms with Crippen molar-refractivity contribution in [3.05, 3.63) is 77.1 Å². The van der Waals surface area contributed by atoms with E-state index in [0.29, 0.717) is 28.4 Å². The van der Waals surface area contributed by atoms with E-state index in [1.165, 1.54) is 30.5 Å². The summed E-state index contributed by atoms with van der Waals surface area (Å²) in [6.07, 6.45) is 1.49. The van der Waals surface area contributed by atoms with Crippen LogP contribution in [0.5, 0.6) is 11.5 Å². The van der Waals surface area contributed by atoms with E-state index >= 15 is 0 Å². The Morgan fingerprint density at radius 3 is 2.39 bits per heavy atom. The minimum atomic E-state index is -3.84. The number of sulfonamides is 1. The number of aromatic nitrogens is 3. The van der Waals surface area contributed by atoms with Gasteiger partial charge in [0.15, 0.2) is 11.4 Å². The molecule has 142 valence electrons. The predicted octanol–water partition coefficient (Wildman–Crippen LogP) is 2.98. The van der Waals surface area contributed by atoms with Gasteiger partial charge in [-0.25, -0.2) is 22.6 Å². The van der Waals surface area contributed by atoms with Crippen molar-refractivity contribution in [2.75, 3.05) is 4.72 Å². The number of anilines is 1. The number of halogens is 1. The topological polar surface area (TPSA) is 117 Å². The number of hydrogen-bond acceptors (Lipinski definition) is 5. The molecule has 0 bridgehead atoms. The van der Waals surface area contributed by atoms with Crippen molar-refractivity contribution in [2.45, 2.75) is 4.90 Å². The zero-order chi connectivity index (χ0) is 19.7. The van der Waals surface area contributed by atoms with Crippen molar-refractivity contribution >= 4 is 26.9 Å². The molecule has 2 heterocycles. The number of ether oxygens (including phenoxy) is 1. The van der Waals surface area contributed by atoms with Gasteiger partial charge < -0.3 is 9.72 Å². The average molecular weight is 400 g/mol. The lowest BCUT2D eigenvalue weighted by atomic mass is 10.3. The van der Waals surface area contributed by atoms with Gasteiger partial charge in [0.1, 0.15) is 17.1 Å². The highest BCUT2D eigenvalue weighted by atomic mass is 32.2. The molecule has 8 nitrogen and oxygen atoms in total. The number of H-pyrrole nitrogens is 2. The predicted molar refractivity (Wildman–Crippen MR) is 100 cm³/mol. The molecular formula is C18H13FN4O4S. The maximum absolute atomic E-state index is 13.0. The molecule has 0 unspecified atom stereocenters. The Bertz CT molecular complexity index is 1300. The van der Waals surface area contributed by atoms with Gasteiger partial charge in [-0.2, -0.15) is 0 Å². The number of nitrogens with zero attached hydrogens (tertiary/aromatic N) is 1. The summed E-state index contributed by atoms with van der Waals surface area (Å²) in [5, 5.41) is 0. The molecule has 0 saturated heterocycles. The fourth-order valence-corrected chi connectivity index (χ4v) is 3.60. The van der Waals surface area contributed by atoms with Crippen molar-refractivity contribution in [1.82, 2.24) is 15.0 Å². The Kier molecular flexibility index (Phi) is 4.32. The summed E-state index contributed by atoms with van der Waals surface area (Å²) in [7, 11) is -3.84. The first-order chi connectivity index (χ1) is 13.4. The molecule has 4 aromatic rings. The second-order valence-corrected chi connectivity index (χ2v) is 7.48. The normalized spacial score (nSPS) is 11.5. The Morgan fingerprint density at radius 1 is 0.964 bits per heavy atom. The van der Waals surface area contributed by atoms with E-state index in [-0.39, 0.29) is 4.90 Å². The Balaban J connectivity index is 1.54. The molecule has 2 aromatic carbocycles. The molecule has 0 atom stereocenters. The Labute approximate surface area is 158 Å². The van der Waals surface area contributed by atoms with E-state index in [0.717, 1.165) is 12.1 Å². The quantitative estimate of drug-likeness (QED) is 0.476. The first-order valence-corrected chi connectivity index (χ1v) is 9.52. The van der Waals surface area contributed by atoms with Crippen molar-refractivity contribution in [3.63, 3.8) is 0 Å². The summed E-state index contributed by atoms with van der Waals surface area (Å²) in [6, 6.07) is 12.3. The lowest BCUT2D eigenvalue weighted by molar-refractivity contribution is 0.487. The zero-order valence-electron chi connectivity index (χ0n) is 14.1. The highest BCUT2D eigenvalue weighted by Crippen LogP contribution is 2.27. The van der Waals surface area contributed by atoms with Crippen LogP contribution in [0.4, 0.5) is 10.1 Å². The van der Waals surface area contributed by atoms with Crippen molar-refractivity contribution in [2.24, 2.45) is 0 Å². The van der Waals surface area contributed by atoms with Crippen molar-refractivity contribution in [3.8, 4) is 11.5 Å². The van der Waals surface area contributed by atoms with Gasteiger partial charge in [-0.1, -0.05) is 0 Å². The molecule has 28 heavy (non-hydrogen) atoms. The summed E-state index contributed by atoms with van der Waals surface area (Å²) in [4.78, 5) is 20.5. The summed E-state index contributed by atoms with van der Waals surface area (Å²) < 4.78 is 45.8. The van der Waals surface area contributed by atoms with Gasteiger partial charge in [0.25, 0.3) is 10.0 Å². The number of fused-ring (bicyclic) bond motifs is 1. The van der Waals surface area contributed by atoms with Crippen molar-refractivity contribution in [1.29, 1.82) is 0 Å². The second-order valence-electron chi connectivity index (χ2n) is 5.80. The maximum Gasteiger partial charge on any atom is 0.325 e. The van der Waals surface area contributed by atoms with Crippen LogP contribution in [0.3, 0.4) is 0 Å². The number of rotatable bonds is 5. The van der Waals surface area contributed by atoms with E-state index in [2.05, 4.69) is 19.7 Å². The maximum atomic E-state index is 13.0. The molecule has 10 heteroatoms. The molecule has 4 rings (SSSR count). The van der Waals surface area contributed by atoms with E-state index in [4.69, 9.17) is 4.74 Å². The molecule has 0 aliphatic heterocycles. The van der Waals surface area contributed by atoms with Gasteiger partial charge in [0.2, 0.25) is 0 Å². The largest absolute Gasteiger partial charge is 0.455 e. The highest BCUT2D eigenvalue weighted by Gasteiger charge is 2.14. The van der Waals surface area contributed by atoms with Gasteiger partial charge in [-0.3, -0.25) is 9.71 Å². The van der Waals surface area contributed by atoms with Gasteiger partial charge in [-0.15, -0.1) is 0 Å². The van der Waals surface area contributed by atoms with Crippen LogP contribution in [0.25, 0.3) is 11.2 Å². The molecular weight excluding hydrogens is 387 g/mol. The third-order valence-electron chi connectivity index (χ3n) is 3.84. The smallest absolute Gasteiger partial charge is 0.325 e. The molecule has 0 saturated carbocycles. The number of pyridine rings is 1. The summed E-state index contributed by atoms with van der Waals surface area (Å²) in [5.74, 6) is 0.303. The van der Waals surface area contributed by atoms with Crippen LogP contribution >= 0.6 is 0 Å². The summed E-state index contributed by atoms with van der Waals surface area (Å²) in [6.45, 7) is 0. The van der Waals surface area contributed by atoms with Gasteiger partial charge >= 0.3 is 5.69 Å². The minimum absolute atomic E-state index is 0.0511. The average Bonchev–Trinajstić information content (AvgIpc) is 3.05. The number of aromatic amines is 2. The molecule has 0 aliphatic rings. The second kappa shape index (κ2) is 6.82. The van der Waals surface area contributed by atoms with Crippen LogP contribution in [0.15, 0.2) is 70.5 Å². The molecule has 0 amide bonds. The molecule has 0 fully saturated rings. The third-order valence-corrected chi connectivity index (χ3v) is 5.24. The van der Waals surface area contributed by atoms with Crippen molar-refractivity contribution < 1.29 is 17.5 Å². The molecule has 3 N–H and O–H groups in total. The van der Waals surface area contributed by atoms with Gasteiger partial charge in [-0.05, 0) is 48.5 Å². The van der Waals surface area contributed by atoms with E-state index in [9.17, 15) is 17.6 Å². The first kappa shape index (κ1) is 17.7. The summed E-state index contributed by atoms with van der Waals surface area (Å²) in [5.41, 5.74) is 0.704. The highest BCUT2D eigenvalue weighted by molar-refractivity contribution is 7.92. The van der Waals surface area contributed by atoms with Crippen LogP contribution in [0.1, 0.15) is 0 Å². The lowest BCUT2D eigenvalue weighted by Gasteiger charge is -2.10. The minimum Gasteiger partial charge on any atom is -0.455 e. The number of nitrogens with one attached hydrogen (secondary N) is 3. The number of hydrogen-bond donors (Lipinski definition) is 3. The lowest BCUT2D eigenvalue weighted by Crippen LogP contribution is -2.12. The fourth-order valence-electron chi connectivity index (χ4n) is 2.54. The van der Waals surface area contributed by atoms with Crippen LogP contribution in [0, 0.1) is 5.82 Å². The van der Waals surface area contributed by atoms with Crippen LogP contribution in [-0.4, -0.2) is 23.4 Å². The van der Waals surface area contributed by atoms with Gasteiger partial charge in [0, 0.05) is 18.0 Å². The monoisotopic (exact) mass is 400 g/mol. The van der Waals surface area contributed by atoms with Gasteiger partial charge in [0.05, 0.1) is 4.90 Å². The van der Waals surface area contributed by atoms with Crippen LogP contribution in [-0.2, 0) is 10.0 Å². The molecule has 2 aromatic heterocycles. The van der Waals surface area contributed by atoms with E-state index < -0.39 is 21.5 Å². The standard InChI is InChI=1S/C18H13FN4O4S/c19-11-1-7-14(8-2-11)28(25,26)23-12-3-5-13(6-4-12)27-15-9-10-20-17-16(15)21-18(24)22-17/h1-10,23H,(H2,20,21,22,24). The fraction of sp³-hybridized carbons (Fsp3) is 0. The van der Waals surface area contributed by atoms with E-state index in [1.807, 2.05) is 0 Å². The number of imidazole rings is 1. The summed E-state index contributed by atoms with van der Waals surface area (Å²) >= 11 is 0. The van der Waals surface area contributed by atoms with E-state index in [1.54, 1.807) is 18.2 Å². The Hall–Kier alpha value is -3.66. The first-order valence-electron chi connectivity index (χ1n) is 8.04. The third kappa shape index (κ3) is 3.58. The van der Waals surface area contributed by atoms with Crippen LogP contribution in [0.2, 0.25) is 0 Å².